The zero-order valence-corrected chi connectivity index (χ0v) is 14.6. The zero-order valence-electron chi connectivity index (χ0n) is 14.6. The Hall–Kier alpha value is -1.75. The molecule has 0 aliphatic heterocycles. The minimum Gasteiger partial charge on any atom is -0.389 e. The maximum Gasteiger partial charge on any atom is 0.0897 e. The van der Waals surface area contributed by atoms with Gasteiger partial charge in [0.2, 0.25) is 0 Å². The Labute approximate surface area is 144 Å². The molecule has 0 bridgehead atoms. The highest BCUT2D eigenvalue weighted by Crippen LogP contribution is 2.20. The van der Waals surface area contributed by atoms with Gasteiger partial charge in [0, 0.05) is 19.3 Å². The molecule has 1 heterocycles. The van der Waals surface area contributed by atoms with Crippen molar-refractivity contribution >= 4 is 0 Å². The minimum atomic E-state index is -0.529. The number of hydrogen-bond donors (Lipinski definition) is 2. The summed E-state index contributed by atoms with van der Waals surface area (Å²) < 4.78 is 5.49. The second-order valence-corrected chi connectivity index (χ2v) is 6.09. The first kappa shape index (κ1) is 18.6. The van der Waals surface area contributed by atoms with Crippen LogP contribution in [0.15, 0.2) is 48.7 Å². The number of rotatable bonds is 10. The van der Waals surface area contributed by atoms with Gasteiger partial charge in [0.05, 0.1) is 24.4 Å². The van der Waals surface area contributed by atoms with E-state index >= 15 is 0 Å². The molecular weight excluding hydrogens is 300 g/mol. The Balaban J connectivity index is 1.98. The summed E-state index contributed by atoms with van der Waals surface area (Å²) in [6.45, 7) is 5.72. The summed E-state index contributed by atoms with van der Waals surface area (Å²) in [5.74, 6) is 0. The predicted molar refractivity (Wildman–Crippen MR) is 97.0 cm³/mol. The molecule has 4 nitrogen and oxygen atoms in total. The number of ether oxygens (including phenoxy) is 1. The lowest BCUT2D eigenvalue weighted by molar-refractivity contribution is 0.0350. The van der Waals surface area contributed by atoms with Crippen LogP contribution in [0.5, 0.6) is 0 Å². The molecule has 1 aromatic heterocycles. The molecule has 0 radical (unpaired) electrons. The van der Waals surface area contributed by atoms with Crippen molar-refractivity contribution in [1.82, 2.24) is 10.3 Å². The quantitative estimate of drug-likeness (QED) is 0.657. The van der Waals surface area contributed by atoms with Crippen molar-refractivity contribution < 1.29 is 9.84 Å². The normalized spacial score (nSPS) is 13.6. The summed E-state index contributed by atoms with van der Waals surface area (Å²) in [6, 6.07) is 14.2. The van der Waals surface area contributed by atoms with Crippen LogP contribution < -0.4 is 5.32 Å². The summed E-state index contributed by atoms with van der Waals surface area (Å²) >= 11 is 0. The molecule has 1 aromatic carbocycles. The number of aromatic nitrogens is 1. The fourth-order valence-corrected chi connectivity index (χ4v) is 2.48. The molecule has 0 aliphatic carbocycles. The standard InChI is InChI=1S/C20H28N2O2/c1-3-4-13-24-15-18(23)14-22-20(19-7-5-6-12-21-19)17-10-8-16(2)9-11-17/h5-12,18,20,22-23H,3-4,13-15H2,1-2H3. The van der Waals surface area contributed by atoms with Crippen LogP contribution in [0, 0.1) is 6.92 Å². The second kappa shape index (κ2) is 10.2. The number of nitrogens with zero attached hydrogens (tertiary/aromatic N) is 1. The zero-order chi connectivity index (χ0) is 17.2. The Kier molecular flexibility index (Phi) is 7.89. The van der Waals surface area contributed by atoms with Gasteiger partial charge in [0.15, 0.2) is 0 Å². The minimum absolute atomic E-state index is 0.0444. The molecular formula is C20H28N2O2. The van der Waals surface area contributed by atoms with E-state index in [9.17, 15) is 5.11 Å². The first-order valence-corrected chi connectivity index (χ1v) is 8.67. The Morgan fingerprint density at radius 1 is 1.17 bits per heavy atom. The molecule has 0 aliphatic rings. The molecule has 0 spiro atoms. The third-order valence-corrected chi connectivity index (χ3v) is 3.90. The van der Waals surface area contributed by atoms with E-state index < -0.39 is 6.10 Å². The van der Waals surface area contributed by atoms with Crippen LogP contribution in [0.4, 0.5) is 0 Å². The first-order valence-electron chi connectivity index (χ1n) is 8.67. The average molecular weight is 328 g/mol. The van der Waals surface area contributed by atoms with Crippen molar-refractivity contribution in [3.63, 3.8) is 0 Å². The number of aliphatic hydroxyl groups is 1. The van der Waals surface area contributed by atoms with Crippen molar-refractivity contribution in [2.45, 2.75) is 38.8 Å². The van der Waals surface area contributed by atoms with E-state index in [1.807, 2.05) is 18.2 Å². The van der Waals surface area contributed by atoms with Gasteiger partial charge in [0.1, 0.15) is 0 Å². The van der Waals surface area contributed by atoms with E-state index in [0.717, 1.165) is 24.1 Å². The van der Waals surface area contributed by atoms with Crippen LogP contribution in [0.2, 0.25) is 0 Å². The number of unbranched alkanes of at least 4 members (excludes halogenated alkanes) is 1. The summed E-state index contributed by atoms with van der Waals surface area (Å²) in [6.07, 6.45) is 3.39. The number of pyridine rings is 1. The van der Waals surface area contributed by atoms with Gasteiger partial charge < -0.3 is 15.2 Å². The van der Waals surface area contributed by atoms with Crippen LogP contribution in [-0.4, -0.2) is 36.0 Å². The summed E-state index contributed by atoms with van der Waals surface area (Å²) in [5.41, 5.74) is 3.31. The van der Waals surface area contributed by atoms with Gasteiger partial charge in [-0.15, -0.1) is 0 Å². The predicted octanol–water partition coefficient (Wildman–Crippen LogP) is 3.25. The van der Waals surface area contributed by atoms with Crippen molar-refractivity contribution in [2.24, 2.45) is 0 Å². The van der Waals surface area contributed by atoms with Gasteiger partial charge in [-0.05, 0) is 31.0 Å². The van der Waals surface area contributed by atoms with Crippen LogP contribution in [0.3, 0.4) is 0 Å². The van der Waals surface area contributed by atoms with Gasteiger partial charge >= 0.3 is 0 Å². The highest BCUT2D eigenvalue weighted by atomic mass is 16.5. The lowest BCUT2D eigenvalue weighted by atomic mass is 10.0. The fourth-order valence-electron chi connectivity index (χ4n) is 2.48. The molecule has 0 fully saturated rings. The topological polar surface area (TPSA) is 54.4 Å². The van der Waals surface area contributed by atoms with Crippen LogP contribution in [0.25, 0.3) is 0 Å². The maximum absolute atomic E-state index is 10.1. The van der Waals surface area contributed by atoms with E-state index in [1.54, 1.807) is 6.20 Å². The SMILES string of the molecule is CCCCOCC(O)CNC(c1ccc(C)cc1)c1ccccn1. The largest absolute Gasteiger partial charge is 0.389 e. The first-order chi connectivity index (χ1) is 11.7. The molecule has 2 atom stereocenters. The highest BCUT2D eigenvalue weighted by molar-refractivity contribution is 5.30. The van der Waals surface area contributed by atoms with Gasteiger partial charge in [-0.2, -0.15) is 0 Å². The Morgan fingerprint density at radius 3 is 2.62 bits per heavy atom. The molecule has 4 heteroatoms. The Morgan fingerprint density at radius 2 is 1.96 bits per heavy atom. The summed E-state index contributed by atoms with van der Waals surface area (Å²) in [5, 5.41) is 13.5. The third-order valence-electron chi connectivity index (χ3n) is 3.90. The molecule has 130 valence electrons. The smallest absolute Gasteiger partial charge is 0.0897 e. The third kappa shape index (κ3) is 6.04. The molecule has 2 rings (SSSR count). The van der Waals surface area contributed by atoms with Crippen molar-refractivity contribution in [2.75, 3.05) is 19.8 Å². The molecule has 2 unspecified atom stereocenters. The number of benzene rings is 1. The van der Waals surface area contributed by atoms with Crippen molar-refractivity contribution in [3.8, 4) is 0 Å². The summed E-state index contributed by atoms with van der Waals surface area (Å²) in [4.78, 5) is 4.47. The maximum atomic E-state index is 10.1. The van der Waals surface area contributed by atoms with E-state index in [0.29, 0.717) is 19.8 Å². The molecule has 0 saturated carbocycles. The number of aryl methyl sites for hydroxylation is 1. The van der Waals surface area contributed by atoms with Crippen molar-refractivity contribution in [3.05, 3.63) is 65.5 Å². The molecule has 2 N–H and O–H groups in total. The number of hydrogen-bond acceptors (Lipinski definition) is 4. The number of nitrogens with one attached hydrogen (secondary N) is 1. The van der Waals surface area contributed by atoms with Crippen LogP contribution >= 0.6 is 0 Å². The highest BCUT2D eigenvalue weighted by Gasteiger charge is 2.16. The van der Waals surface area contributed by atoms with E-state index in [-0.39, 0.29) is 6.04 Å². The Bertz CT molecular complexity index is 572. The van der Waals surface area contributed by atoms with E-state index in [2.05, 4.69) is 48.4 Å². The van der Waals surface area contributed by atoms with Crippen LogP contribution in [0.1, 0.15) is 42.6 Å². The lowest BCUT2D eigenvalue weighted by Gasteiger charge is -2.21. The average Bonchev–Trinajstić information content (AvgIpc) is 2.61. The molecule has 2 aromatic rings. The van der Waals surface area contributed by atoms with Crippen LogP contribution in [-0.2, 0) is 4.74 Å². The molecule has 24 heavy (non-hydrogen) atoms. The van der Waals surface area contributed by atoms with E-state index in [1.165, 1.54) is 5.56 Å². The molecule has 0 saturated heterocycles. The van der Waals surface area contributed by atoms with Gasteiger partial charge in [0.25, 0.3) is 0 Å². The monoisotopic (exact) mass is 328 g/mol. The van der Waals surface area contributed by atoms with Gasteiger partial charge in [-0.25, -0.2) is 0 Å². The van der Waals surface area contributed by atoms with Crippen molar-refractivity contribution in [1.29, 1.82) is 0 Å². The number of aliphatic hydroxyl groups excluding tert-OH is 1. The van der Waals surface area contributed by atoms with Gasteiger partial charge in [-0.1, -0.05) is 49.2 Å². The molecule has 0 amide bonds. The summed E-state index contributed by atoms with van der Waals surface area (Å²) in [7, 11) is 0. The van der Waals surface area contributed by atoms with E-state index in [4.69, 9.17) is 4.74 Å². The van der Waals surface area contributed by atoms with Gasteiger partial charge in [-0.3, -0.25) is 4.98 Å². The second-order valence-electron chi connectivity index (χ2n) is 6.09. The fraction of sp³-hybridized carbons (Fsp3) is 0.450. The lowest BCUT2D eigenvalue weighted by Crippen LogP contribution is -2.34.